The van der Waals surface area contributed by atoms with Crippen LogP contribution in [-0.2, 0) is 0 Å². The van der Waals surface area contributed by atoms with Crippen LogP contribution in [-0.4, -0.2) is 36.6 Å². The van der Waals surface area contributed by atoms with Gasteiger partial charge in [0.05, 0.1) is 5.02 Å². The molecule has 2 heterocycles. The van der Waals surface area contributed by atoms with Crippen molar-refractivity contribution in [2.45, 2.75) is 26.0 Å². The number of anilines is 3. The summed E-state index contributed by atoms with van der Waals surface area (Å²) in [5, 5.41) is 6.84. The largest absolute Gasteiger partial charge is 0.482 e. The number of benzene rings is 2. The van der Waals surface area contributed by atoms with Crippen LogP contribution >= 0.6 is 11.6 Å². The van der Waals surface area contributed by atoms with Crippen LogP contribution in [0.5, 0.6) is 5.75 Å². The molecule has 1 amide bonds. The molecule has 1 aliphatic heterocycles. The molecule has 0 spiro atoms. The van der Waals surface area contributed by atoms with Gasteiger partial charge in [-0.1, -0.05) is 29.8 Å². The molecule has 2 unspecified atom stereocenters. The van der Waals surface area contributed by atoms with E-state index in [-0.39, 0.29) is 17.8 Å². The molecule has 7 nitrogen and oxygen atoms in total. The second kappa shape index (κ2) is 10.1. The maximum atomic E-state index is 13.0. The fourth-order valence-electron chi connectivity index (χ4n) is 3.91. The standard InChI is InChI=1S/C25H28ClN5O2/c1-16-14-28-9-10-31(16)22-8-4-6-19(12-22)25(32)30-21-7-3-5-18(11-21)17(2)33-23-13-20(26)15-29-24(23)27/h3-8,11-13,15-17,28H,9-10,14H2,1-2H3,(H2,27,29)(H,30,32). The highest BCUT2D eigenvalue weighted by Gasteiger charge is 2.19. The predicted molar refractivity (Wildman–Crippen MR) is 133 cm³/mol. The van der Waals surface area contributed by atoms with Gasteiger partial charge in [-0.2, -0.15) is 0 Å². The average Bonchev–Trinajstić information content (AvgIpc) is 2.82. The zero-order valence-corrected chi connectivity index (χ0v) is 19.5. The van der Waals surface area contributed by atoms with Crippen molar-refractivity contribution >= 4 is 34.7 Å². The van der Waals surface area contributed by atoms with Crippen molar-refractivity contribution in [2.24, 2.45) is 0 Å². The third-order valence-electron chi connectivity index (χ3n) is 5.71. The first kappa shape index (κ1) is 22.9. The van der Waals surface area contributed by atoms with Crippen LogP contribution in [0.2, 0.25) is 5.02 Å². The lowest BCUT2D eigenvalue weighted by atomic mass is 10.1. The lowest BCUT2D eigenvalue weighted by molar-refractivity contribution is 0.102. The minimum atomic E-state index is -0.318. The second-order valence-electron chi connectivity index (χ2n) is 8.17. The van der Waals surface area contributed by atoms with E-state index in [9.17, 15) is 4.79 Å². The van der Waals surface area contributed by atoms with Gasteiger partial charge in [0.1, 0.15) is 6.10 Å². The number of amides is 1. The number of carbonyl (C=O) groups is 1. The highest BCUT2D eigenvalue weighted by atomic mass is 35.5. The molecular weight excluding hydrogens is 438 g/mol. The number of nitrogens with one attached hydrogen (secondary N) is 2. The monoisotopic (exact) mass is 465 g/mol. The van der Waals surface area contributed by atoms with Gasteiger partial charge in [-0.3, -0.25) is 4.79 Å². The number of aromatic nitrogens is 1. The number of rotatable bonds is 6. The van der Waals surface area contributed by atoms with Crippen molar-refractivity contribution in [2.75, 3.05) is 35.6 Å². The number of carbonyl (C=O) groups excluding carboxylic acids is 1. The SMILES string of the molecule is CC(Oc1cc(Cl)cnc1N)c1cccc(NC(=O)c2cccc(N3CCNCC3C)c2)c1. The number of nitrogens with zero attached hydrogens (tertiary/aromatic N) is 2. The van der Waals surface area contributed by atoms with E-state index in [2.05, 4.69) is 33.5 Å². The van der Waals surface area contributed by atoms with E-state index in [1.807, 2.05) is 49.4 Å². The van der Waals surface area contributed by atoms with Crippen LogP contribution < -0.4 is 26.0 Å². The molecule has 0 radical (unpaired) electrons. The van der Waals surface area contributed by atoms with Crippen LogP contribution in [0.3, 0.4) is 0 Å². The summed E-state index contributed by atoms with van der Waals surface area (Å²) in [5.41, 5.74) is 9.13. The maximum absolute atomic E-state index is 13.0. The van der Waals surface area contributed by atoms with Crippen molar-refractivity contribution in [1.29, 1.82) is 0 Å². The molecule has 1 aliphatic rings. The van der Waals surface area contributed by atoms with Crippen molar-refractivity contribution < 1.29 is 9.53 Å². The van der Waals surface area contributed by atoms with E-state index in [1.54, 1.807) is 6.07 Å². The Bertz CT molecular complexity index is 1140. The number of pyridine rings is 1. The van der Waals surface area contributed by atoms with Crippen molar-refractivity contribution in [1.82, 2.24) is 10.3 Å². The summed E-state index contributed by atoms with van der Waals surface area (Å²) in [6.45, 7) is 6.87. The van der Waals surface area contributed by atoms with Gasteiger partial charge in [0, 0.05) is 54.9 Å². The number of ether oxygens (including phenoxy) is 1. The van der Waals surface area contributed by atoms with Gasteiger partial charge in [0.2, 0.25) is 0 Å². The Morgan fingerprint density at radius 1 is 1.27 bits per heavy atom. The number of nitrogens with two attached hydrogens (primary N) is 1. The summed E-state index contributed by atoms with van der Waals surface area (Å²) < 4.78 is 5.95. The molecule has 1 fully saturated rings. The molecule has 33 heavy (non-hydrogen) atoms. The lowest BCUT2D eigenvalue weighted by Crippen LogP contribution is -2.49. The fraction of sp³-hybridized carbons (Fsp3) is 0.280. The Labute approximate surface area is 198 Å². The average molecular weight is 466 g/mol. The third kappa shape index (κ3) is 5.56. The first-order valence-electron chi connectivity index (χ1n) is 11.0. The second-order valence-corrected chi connectivity index (χ2v) is 8.61. The van der Waals surface area contributed by atoms with Crippen LogP contribution in [0, 0.1) is 0 Å². The maximum Gasteiger partial charge on any atom is 0.255 e. The molecule has 0 aliphatic carbocycles. The van der Waals surface area contributed by atoms with Crippen molar-refractivity contribution in [3.63, 3.8) is 0 Å². The Balaban J connectivity index is 1.46. The first-order chi connectivity index (χ1) is 15.9. The van der Waals surface area contributed by atoms with Crippen LogP contribution in [0.4, 0.5) is 17.2 Å². The predicted octanol–water partition coefficient (Wildman–Crippen LogP) is 4.51. The molecule has 0 saturated carbocycles. The van der Waals surface area contributed by atoms with E-state index >= 15 is 0 Å². The zero-order chi connectivity index (χ0) is 23.4. The van der Waals surface area contributed by atoms with E-state index in [0.29, 0.717) is 28.1 Å². The number of halogens is 1. The molecule has 0 bridgehead atoms. The third-order valence-corrected chi connectivity index (χ3v) is 5.91. The van der Waals surface area contributed by atoms with Gasteiger partial charge in [-0.25, -0.2) is 4.98 Å². The number of hydrogen-bond acceptors (Lipinski definition) is 6. The summed E-state index contributed by atoms with van der Waals surface area (Å²) >= 11 is 6.00. The summed E-state index contributed by atoms with van der Waals surface area (Å²) in [6.07, 6.45) is 1.16. The molecular formula is C25H28ClN5O2. The van der Waals surface area contributed by atoms with Crippen LogP contribution in [0.1, 0.15) is 35.9 Å². The summed E-state index contributed by atoms with van der Waals surface area (Å²) in [6, 6.07) is 17.3. The van der Waals surface area contributed by atoms with Crippen LogP contribution in [0.15, 0.2) is 60.8 Å². The Hall–Kier alpha value is -3.29. The van der Waals surface area contributed by atoms with Gasteiger partial charge in [0.25, 0.3) is 5.91 Å². The van der Waals surface area contributed by atoms with E-state index < -0.39 is 0 Å². The Morgan fingerprint density at radius 2 is 2.09 bits per heavy atom. The summed E-state index contributed by atoms with van der Waals surface area (Å²) in [7, 11) is 0. The number of nitrogen functional groups attached to an aromatic ring is 1. The van der Waals surface area contributed by atoms with Gasteiger partial charge < -0.3 is 26.0 Å². The molecule has 3 aromatic rings. The molecule has 1 aromatic heterocycles. The van der Waals surface area contributed by atoms with Crippen LogP contribution in [0.25, 0.3) is 0 Å². The van der Waals surface area contributed by atoms with E-state index in [0.717, 1.165) is 30.9 Å². The van der Waals surface area contributed by atoms with Crippen molar-refractivity contribution in [3.8, 4) is 5.75 Å². The Morgan fingerprint density at radius 3 is 2.91 bits per heavy atom. The smallest absolute Gasteiger partial charge is 0.255 e. The fourth-order valence-corrected chi connectivity index (χ4v) is 4.06. The molecule has 2 aromatic carbocycles. The molecule has 4 rings (SSSR count). The van der Waals surface area contributed by atoms with E-state index in [4.69, 9.17) is 22.1 Å². The zero-order valence-electron chi connectivity index (χ0n) is 18.7. The quantitative estimate of drug-likeness (QED) is 0.496. The number of hydrogen-bond donors (Lipinski definition) is 3. The Kier molecular flexibility index (Phi) is 7.01. The summed E-state index contributed by atoms with van der Waals surface area (Å²) in [5.74, 6) is 0.534. The minimum absolute atomic E-state index is 0.159. The highest BCUT2D eigenvalue weighted by molar-refractivity contribution is 6.30. The summed E-state index contributed by atoms with van der Waals surface area (Å²) in [4.78, 5) is 19.3. The first-order valence-corrected chi connectivity index (χ1v) is 11.3. The minimum Gasteiger partial charge on any atom is -0.482 e. The van der Waals surface area contributed by atoms with Crippen molar-refractivity contribution in [3.05, 3.63) is 76.9 Å². The van der Waals surface area contributed by atoms with E-state index in [1.165, 1.54) is 6.20 Å². The highest BCUT2D eigenvalue weighted by Crippen LogP contribution is 2.29. The van der Waals surface area contributed by atoms with Gasteiger partial charge >= 0.3 is 0 Å². The number of piperazine rings is 1. The lowest BCUT2D eigenvalue weighted by Gasteiger charge is -2.36. The van der Waals surface area contributed by atoms with Gasteiger partial charge in [0.15, 0.2) is 11.6 Å². The molecule has 172 valence electrons. The molecule has 1 saturated heterocycles. The topological polar surface area (TPSA) is 92.5 Å². The normalized spacial score (nSPS) is 16.8. The molecule has 2 atom stereocenters. The molecule has 8 heteroatoms. The van der Waals surface area contributed by atoms with Gasteiger partial charge in [-0.15, -0.1) is 0 Å². The molecule has 4 N–H and O–H groups in total. The van der Waals surface area contributed by atoms with Gasteiger partial charge in [-0.05, 0) is 49.7 Å².